The third-order valence-corrected chi connectivity index (χ3v) is 5.09. The quantitative estimate of drug-likeness (QED) is 0.892. The highest BCUT2D eigenvalue weighted by Gasteiger charge is 2.32. The highest BCUT2D eigenvalue weighted by molar-refractivity contribution is 7.99. The Kier molecular flexibility index (Phi) is 4.92. The molecule has 1 amide bonds. The van der Waals surface area contributed by atoms with Crippen molar-refractivity contribution in [3.63, 3.8) is 0 Å². The SMILES string of the molecule is CC(C)c1cc(C(=O)NCC2(O)CCSC2)nn1C(C)(C)C. The van der Waals surface area contributed by atoms with Crippen LogP contribution < -0.4 is 5.32 Å². The van der Waals surface area contributed by atoms with Crippen LogP contribution in [0.1, 0.15) is 63.1 Å². The summed E-state index contributed by atoms with van der Waals surface area (Å²) < 4.78 is 1.92. The van der Waals surface area contributed by atoms with Gasteiger partial charge in [0.05, 0.1) is 11.1 Å². The van der Waals surface area contributed by atoms with E-state index >= 15 is 0 Å². The van der Waals surface area contributed by atoms with Gasteiger partial charge in [-0.3, -0.25) is 9.48 Å². The molecule has 0 aromatic carbocycles. The molecule has 5 nitrogen and oxygen atoms in total. The maximum atomic E-state index is 12.4. The predicted molar refractivity (Wildman–Crippen MR) is 90.5 cm³/mol. The van der Waals surface area contributed by atoms with E-state index in [4.69, 9.17) is 0 Å². The minimum absolute atomic E-state index is 0.168. The minimum Gasteiger partial charge on any atom is -0.387 e. The fourth-order valence-electron chi connectivity index (χ4n) is 2.53. The molecule has 1 fully saturated rings. The van der Waals surface area contributed by atoms with E-state index in [2.05, 4.69) is 45.0 Å². The fourth-order valence-corrected chi connectivity index (χ4v) is 3.82. The van der Waals surface area contributed by atoms with E-state index in [1.807, 2.05) is 10.7 Å². The molecular formula is C16H27N3O2S. The summed E-state index contributed by atoms with van der Waals surface area (Å²) in [5, 5.41) is 17.6. The van der Waals surface area contributed by atoms with Crippen molar-refractivity contribution >= 4 is 17.7 Å². The van der Waals surface area contributed by atoms with Gasteiger partial charge in [-0.15, -0.1) is 0 Å². The van der Waals surface area contributed by atoms with Crippen LogP contribution in [0.3, 0.4) is 0 Å². The summed E-state index contributed by atoms with van der Waals surface area (Å²) in [6.45, 7) is 10.7. The second-order valence-electron chi connectivity index (χ2n) is 7.40. The molecule has 1 aliphatic heterocycles. The molecule has 1 aromatic heterocycles. The van der Waals surface area contributed by atoms with E-state index in [9.17, 15) is 9.90 Å². The Hall–Kier alpha value is -1.01. The van der Waals surface area contributed by atoms with Gasteiger partial charge in [0.15, 0.2) is 0 Å². The Morgan fingerprint density at radius 1 is 1.55 bits per heavy atom. The van der Waals surface area contributed by atoms with Gasteiger partial charge >= 0.3 is 0 Å². The Bertz CT molecular complexity index is 540. The van der Waals surface area contributed by atoms with E-state index in [0.29, 0.717) is 17.4 Å². The lowest BCUT2D eigenvalue weighted by Crippen LogP contribution is -2.43. The first-order valence-corrected chi connectivity index (χ1v) is 8.97. The van der Waals surface area contributed by atoms with Gasteiger partial charge in [-0.1, -0.05) is 13.8 Å². The number of amides is 1. The zero-order chi connectivity index (χ0) is 16.5. The zero-order valence-corrected chi connectivity index (χ0v) is 15.0. The third kappa shape index (κ3) is 3.84. The first-order valence-electron chi connectivity index (χ1n) is 7.81. The molecule has 0 radical (unpaired) electrons. The Labute approximate surface area is 136 Å². The average molecular weight is 325 g/mol. The van der Waals surface area contributed by atoms with Gasteiger partial charge in [-0.25, -0.2) is 0 Å². The number of aliphatic hydroxyl groups is 1. The number of hydrogen-bond acceptors (Lipinski definition) is 4. The highest BCUT2D eigenvalue weighted by atomic mass is 32.2. The lowest BCUT2D eigenvalue weighted by Gasteiger charge is -2.23. The molecule has 2 N–H and O–H groups in total. The summed E-state index contributed by atoms with van der Waals surface area (Å²) in [6.07, 6.45) is 0.728. The molecule has 2 heterocycles. The molecule has 124 valence electrons. The molecule has 22 heavy (non-hydrogen) atoms. The smallest absolute Gasteiger partial charge is 0.271 e. The van der Waals surface area contributed by atoms with Gasteiger partial charge < -0.3 is 10.4 Å². The number of nitrogens with zero attached hydrogens (tertiary/aromatic N) is 2. The van der Waals surface area contributed by atoms with Crippen LogP contribution in [-0.4, -0.2) is 44.4 Å². The normalized spacial score (nSPS) is 22.3. The van der Waals surface area contributed by atoms with Gasteiger partial charge in [0.2, 0.25) is 0 Å². The van der Waals surface area contributed by atoms with Gasteiger partial charge in [-0.05, 0) is 44.9 Å². The number of thioether (sulfide) groups is 1. The molecule has 0 aliphatic carbocycles. The summed E-state index contributed by atoms with van der Waals surface area (Å²) in [4.78, 5) is 12.4. The molecule has 1 unspecified atom stereocenters. The maximum Gasteiger partial charge on any atom is 0.271 e. The van der Waals surface area contributed by atoms with Gasteiger partial charge in [0.1, 0.15) is 5.69 Å². The molecule has 0 bridgehead atoms. The summed E-state index contributed by atoms with van der Waals surface area (Å²) in [6, 6.07) is 1.86. The largest absolute Gasteiger partial charge is 0.387 e. The van der Waals surface area contributed by atoms with Crippen molar-refractivity contribution in [1.29, 1.82) is 0 Å². The molecule has 1 atom stereocenters. The second kappa shape index (κ2) is 6.24. The topological polar surface area (TPSA) is 67.2 Å². The predicted octanol–water partition coefficient (Wildman–Crippen LogP) is 2.36. The first kappa shape index (κ1) is 17.3. The van der Waals surface area contributed by atoms with Crippen LogP contribution in [0.15, 0.2) is 6.07 Å². The minimum atomic E-state index is -0.770. The maximum absolute atomic E-state index is 12.4. The number of carbonyl (C=O) groups is 1. The van der Waals surface area contributed by atoms with Crippen molar-refractivity contribution in [2.45, 2.75) is 58.1 Å². The summed E-state index contributed by atoms with van der Waals surface area (Å²) in [7, 11) is 0. The lowest BCUT2D eigenvalue weighted by atomic mass is 10.0. The Balaban J connectivity index is 2.13. The van der Waals surface area contributed by atoms with E-state index in [1.54, 1.807) is 11.8 Å². The molecular weight excluding hydrogens is 298 g/mol. The Morgan fingerprint density at radius 3 is 2.68 bits per heavy atom. The number of hydrogen-bond donors (Lipinski definition) is 2. The molecule has 6 heteroatoms. The van der Waals surface area contributed by atoms with Crippen molar-refractivity contribution in [2.24, 2.45) is 0 Å². The van der Waals surface area contributed by atoms with Crippen molar-refractivity contribution in [2.75, 3.05) is 18.1 Å². The van der Waals surface area contributed by atoms with Gasteiger partial charge in [0, 0.05) is 18.0 Å². The van der Waals surface area contributed by atoms with Crippen molar-refractivity contribution in [1.82, 2.24) is 15.1 Å². The molecule has 1 saturated heterocycles. The number of nitrogens with one attached hydrogen (secondary N) is 1. The van der Waals surface area contributed by atoms with E-state index < -0.39 is 5.60 Å². The summed E-state index contributed by atoms with van der Waals surface area (Å²) in [5.74, 6) is 1.71. The first-order chi connectivity index (χ1) is 10.1. The second-order valence-corrected chi connectivity index (χ2v) is 8.51. The average Bonchev–Trinajstić information content (AvgIpc) is 3.02. The molecule has 2 rings (SSSR count). The van der Waals surface area contributed by atoms with Crippen LogP contribution in [0, 0.1) is 0 Å². The number of rotatable bonds is 4. The lowest BCUT2D eigenvalue weighted by molar-refractivity contribution is 0.0610. The third-order valence-electron chi connectivity index (χ3n) is 3.86. The van der Waals surface area contributed by atoms with Crippen LogP contribution in [0.4, 0.5) is 0 Å². The highest BCUT2D eigenvalue weighted by Crippen LogP contribution is 2.27. The van der Waals surface area contributed by atoms with Crippen LogP contribution >= 0.6 is 11.8 Å². The van der Waals surface area contributed by atoms with Crippen LogP contribution in [0.25, 0.3) is 0 Å². The fraction of sp³-hybridized carbons (Fsp3) is 0.750. The van der Waals surface area contributed by atoms with Crippen molar-refractivity contribution in [3.05, 3.63) is 17.5 Å². The van der Waals surface area contributed by atoms with E-state index in [-0.39, 0.29) is 18.0 Å². The monoisotopic (exact) mass is 325 g/mol. The summed E-state index contributed by atoms with van der Waals surface area (Å²) in [5.41, 5.74) is 0.535. The van der Waals surface area contributed by atoms with Crippen LogP contribution in [0.5, 0.6) is 0 Å². The zero-order valence-electron chi connectivity index (χ0n) is 14.1. The molecule has 1 aliphatic rings. The van der Waals surface area contributed by atoms with Crippen molar-refractivity contribution < 1.29 is 9.90 Å². The standard InChI is InChI=1S/C16H27N3O2S/c1-11(2)13-8-12(18-19(13)15(3,4)5)14(20)17-9-16(21)6-7-22-10-16/h8,11,21H,6-7,9-10H2,1-5H3,(H,17,20). The van der Waals surface area contributed by atoms with E-state index in [1.165, 1.54) is 0 Å². The molecule has 0 spiro atoms. The summed E-state index contributed by atoms with van der Waals surface area (Å²) >= 11 is 1.72. The Morgan fingerprint density at radius 2 is 2.23 bits per heavy atom. The van der Waals surface area contributed by atoms with Gasteiger partial charge in [-0.2, -0.15) is 16.9 Å². The van der Waals surface area contributed by atoms with Crippen LogP contribution in [0.2, 0.25) is 0 Å². The van der Waals surface area contributed by atoms with Crippen molar-refractivity contribution in [3.8, 4) is 0 Å². The molecule has 1 aromatic rings. The molecule has 0 saturated carbocycles. The van der Waals surface area contributed by atoms with E-state index in [0.717, 1.165) is 17.9 Å². The van der Waals surface area contributed by atoms with Crippen LogP contribution in [-0.2, 0) is 5.54 Å². The number of aromatic nitrogens is 2. The van der Waals surface area contributed by atoms with Gasteiger partial charge in [0.25, 0.3) is 5.91 Å². The number of carbonyl (C=O) groups excluding carboxylic acids is 1.